The van der Waals surface area contributed by atoms with Gasteiger partial charge in [-0.2, -0.15) is 5.10 Å². The van der Waals surface area contributed by atoms with Gasteiger partial charge in [0.1, 0.15) is 11.4 Å². The first-order valence-corrected chi connectivity index (χ1v) is 9.90. The predicted molar refractivity (Wildman–Crippen MR) is 107 cm³/mol. The summed E-state index contributed by atoms with van der Waals surface area (Å²) in [5, 5.41) is 5.63. The zero-order valence-electron chi connectivity index (χ0n) is 15.9. The van der Waals surface area contributed by atoms with E-state index in [1.807, 2.05) is 53.2 Å². The van der Waals surface area contributed by atoms with Crippen LogP contribution in [0.2, 0.25) is 0 Å². The standard InChI is InChI=1S/C23H26N2O2/c1-27-19-12-13-20-21(16-19)25(15-14-17-8-4-2-5-9-17)24-22(20)23(26)18-10-6-3-7-11-18/h3,6-7,10-13,16-17H,2,4-5,8-9,14-15H2,1H3. The van der Waals surface area contributed by atoms with Gasteiger partial charge in [0.2, 0.25) is 5.78 Å². The fourth-order valence-electron chi connectivity index (χ4n) is 4.13. The third-order valence-corrected chi connectivity index (χ3v) is 5.68. The average molecular weight is 362 g/mol. The Hall–Kier alpha value is -2.62. The third kappa shape index (κ3) is 3.75. The molecule has 4 nitrogen and oxygen atoms in total. The molecule has 1 fully saturated rings. The summed E-state index contributed by atoms with van der Waals surface area (Å²) in [5.74, 6) is 1.54. The highest BCUT2D eigenvalue weighted by Gasteiger charge is 2.20. The molecular formula is C23H26N2O2. The van der Waals surface area contributed by atoms with Crippen LogP contribution in [0.1, 0.15) is 54.6 Å². The van der Waals surface area contributed by atoms with Crippen molar-refractivity contribution in [2.24, 2.45) is 5.92 Å². The Kier molecular flexibility index (Phi) is 5.23. The molecule has 1 saturated carbocycles. The number of rotatable bonds is 6. The highest BCUT2D eigenvalue weighted by Crippen LogP contribution is 2.29. The van der Waals surface area contributed by atoms with E-state index in [4.69, 9.17) is 9.84 Å². The normalized spacial score (nSPS) is 15.1. The van der Waals surface area contributed by atoms with Crippen molar-refractivity contribution in [2.45, 2.75) is 45.1 Å². The van der Waals surface area contributed by atoms with Crippen LogP contribution in [0.25, 0.3) is 10.9 Å². The number of carbonyl (C=O) groups excluding carboxylic acids is 1. The molecule has 0 saturated heterocycles. The zero-order valence-corrected chi connectivity index (χ0v) is 15.9. The number of ketones is 1. The van der Waals surface area contributed by atoms with E-state index in [0.717, 1.165) is 35.5 Å². The molecule has 0 unspecified atom stereocenters. The van der Waals surface area contributed by atoms with Crippen LogP contribution in [0.4, 0.5) is 0 Å². The van der Waals surface area contributed by atoms with E-state index >= 15 is 0 Å². The maximum Gasteiger partial charge on any atom is 0.213 e. The zero-order chi connectivity index (χ0) is 18.6. The van der Waals surface area contributed by atoms with E-state index in [-0.39, 0.29) is 5.78 Å². The van der Waals surface area contributed by atoms with Gasteiger partial charge in [0.15, 0.2) is 0 Å². The van der Waals surface area contributed by atoms with E-state index < -0.39 is 0 Å². The Bertz CT molecular complexity index is 924. The molecule has 3 aromatic rings. The number of aryl methyl sites for hydroxylation is 1. The summed E-state index contributed by atoms with van der Waals surface area (Å²) in [6.45, 7) is 0.844. The van der Waals surface area contributed by atoms with Gasteiger partial charge in [-0.15, -0.1) is 0 Å². The molecule has 27 heavy (non-hydrogen) atoms. The van der Waals surface area contributed by atoms with Crippen molar-refractivity contribution in [1.29, 1.82) is 0 Å². The number of fused-ring (bicyclic) bond motifs is 1. The second-order valence-corrected chi connectivity index (χ2v) is 7.44. The number of aromatic nitrogens is 2. The lowest BCUT2D eigenvalue weighted by Gasteiger charge is -2.21. The summed E-state index contributed by atoms with van der Waals surface area (Å²) in [7, 11) is 1.67. The van der Waals surface area contributed by atoms with E-state index in [1.165, 1.54) is 32.1 Å². The topological polar surface area (TPSA) is 44.1 Å². The van der Waals surface area contributed by atoms with Crippen LogP contribution >= 0.6 is 0 Å². The van der Waals surface area contributed by atoms with Gasteiger partial charge in [0, 0.05) is 23.6 Å². The third-order valence-electron chi connectivity index (χ3n) is 5.68. The smallest absolute Gasteiger partial charge is 0.213 e. The monoisotopic (exact) mass is 362 g/mol. The molecule has 140 valence electrons. The van der Waals surface area contributed by atoms with E-state index in [9.17, 15) is 4.79 Å². The minimum atomic E-state index is -0.0258. The molecule has 0 amide bonds. The minimum absolute atomic E-state index is 0.0258. The van der Waals surface area contributed by atoms with Crippen LogP contribution in [0.15, 0.2) is 48.5 Å². The molecule has 4 rings (SSSR count). The van der Waals surface area contributed by atoms with E-state index in [2.05, 4.69) is 0 Å². The second-order valence-electron chi connectivity index (χ2n) is 7.44. The van der Waals surface area contributed by atoms with Gasteiger partial charge in [-0.3, -0.25) is 9.48 Å². The van der Waals surface area contributed by atoms with Gasteiger partial charge in [-0.25, -0.2) is 0 Å². The number of hydrogen-bond donors (Lipinski definition) is 0. The predicted octanol–water partition coefficient (Wildman–Crippen LogP) is 5.25. The summed E-state index contributed by atoms with van der Waals surface area (Å²) in [4.78, 5) is 13.0. The van der Waals surface area contributed by atoms with Gasteiger partial charge >= 0.3 is 0 Å². The van der Waals surface area contributed by atoms with Crippen LogP contribution in [0.3, 0.4) is 0 Å². The highest BCUT2D eigenvalue weighted by molar-refractivity contribution is 6.14. The molecular weight excluding hydrogens is 336 g/mol. The Labute approximate surface area is 160 Å². The van der Waals surface area contributed by atoms with Crippen molar-refractivity contribution in [3.05, 3.63) is 59.8 Å². The molecule has 1 aliphatic rings. The SMILES string of the molecule is COc1ccc2c(C(=O)c3ccccc3)nn(CCC3CCCCC3)c2c1. The fraction of sp³-hybridized carbons (Fsp3) is 0.391. The largest absolute Gasteiger partial charge is 0.497 e. The molecule has 1 heterocycles. The van der Waals surface area contributed by atoms with Gasteiger partial charge in [0.25, 0.3) is 0 Å². The first-order chi connectivity index (χ1) is 13.3. The molecule has 1 aliphatic carbocycles. The van der Waals surface area contributed by atoms with Crippen LogP contribution in [0.5, 0.6) is 5.75 Å². The maximum absolute atomic E-state index is 13.0. The van der Waals surface area contributed by atoms with Crippen LogP contribution in [-0.2, 0) is 6.54 Å². The summed E-state index contributed by atoms with van der Waals surface area (Å²) in [5.41, 5.74) is 2.18. The van der Waals surface area contributed by atoms with Crippen molar-refractivity contribution < 1.29 is 9.53 Å². The molecule has 0 atom stereocenters. The number of carbonyl (C=O) groups is 1. The lowest BCUT2D eigenvalue weighted by molar-refractivity contribution is 0.103. The molecule has 0 N–H and O–H groups in total. The number of hydrogen-bond acceptors (Lipinski definition) is 3. The van der Waals surface area contributed by atoms with Crippen LogP contribution in [-0.4, -0.2) is 22.7 Å². The highest BCUT2D eigenvalue weighted by atomic mass is 16.5. The van der Waals surface area contributed by atoms with Crippen LogP contribution < -0.4 is 4.74 Å². The van der Waals surface area contributed by atoms with Crippen LogP contribution in [0, 0.1) is 5.92 Å². The number of ether oxygens (including phenoxy) is 1. The van der Waals surface area contributed by atoms with E-state index in [1.54, 1.807) is 7.11 Å². The summed E-state index contributed by atoms with van der Waals surface area (Å²) >= 11 is 0. The Balaban J connectivity index is 1.68. The molecule has 0 radical (unpaired) electrons. The van der Waals surface area contributed by atoms with Crippen molar-refractivity contribution in [2.75, 3.05) is 7.11 Å². The maximum atomic E-state index is 13.0. The van der Waals surface area contributed by atoms with Crippen molar-refractivity contribution in [3.8, 4) is 5.75 Å². The molecule has 4 heteroatoms. The van der Waals surface area contributed by atoms with Gasteiger partial charge in [-0.1, -0.05) is 62.4 Å². The molecule has 0 spiro atoms. The Morgan fingerprint density at radius 3 is 2.63 bits per heavy atom. The first kappa shape index (κ1) is 17.8. The summed E-state index contributed by atoms with van der Waals surface area (Å²) < 4.78 is 7.40. The first-order valence-electron chi connectivity index (χ1n) is 9.90. The molecule has 0 bridgehead atoms. The molecule has 0 aliphatic heterocycles. The number of methoxy groups -OCH3 is 1. The average Bonchev–Trinajstić information content (AvgIpc) is 3.11. The second kappa shape index (κ2) is 7.95. The van der Waals surface area contributed by atoms with Gasteiger partial charge in [0.05, 0.1) is 12.6 Å². The Morgan fingerprint density at radius 2 is 1.89 bits per heavy atom. The summed E-state index contributed by atoms with van der Waals surface area (Å²) in [6, 6.07) is 15.2. The van der Waals surface area contributed by atoms with Gasteiger partial charge < -0.3 is 4.74 Å². The lowest BCUT2D eigenvalue weighted by Crippen LogP contribution is -2.11. The number of benzene rings is 2. The quantitative estimate of drug-likeness (QED) is 0.563. The van der Waals surface area contributed by atoms with Crippen molar-refractivity contribution in [1.82, 2.24) is 9.78 Å². The van der Waals surface area contributed by atoms with E-state index in [0.29, 0.717) is 11.3 Å². The molecule has 1 aromatic heterocycles. The lowest BCUT2D eigenvalue weighted by atomic mass is 9.87. The van der Waals surface area contributed by atoms with Crippen molar-refractivity contribution >= 4 is 16.7 Å². The van der Waals surface area contributed by atoms with Crippen molar-refractivity contribution in [3.63, 3.8) is 0 Å². The molecule has 2 aromatic carbocycles. The Morgan fingerprint density at radius 1 is 1.11 bits per heavy atom. The van der Waals surface area contributed by atoms with Gasteiger partial charge in [-0.05, 0) is 24.5 Å². The minimum Gasteiger partial charge on any atom is -0.497 e. The fourth-order valence-corrected chi connectivity index (χ4v) is 4.13. The number of nitrogens with zero attached hydrogens (tertiary/aromatic N) is 2. The summed E-state index contributed by atoms with van der Waals surface area (Å²) in [6.07, 6.45) is 7.81.